The van der Waals surface area contributed by atoms with E-state index >= 15 is 0 Å². The maximum Gasteiger partial charge on any atom is 0.227 e. The second-order valence-corrected chi connectivity index (χ2v) is 5.90. The van der Waals surface area contributed by atoms with E-state index in [1.54, 1.807) is 6.07 Å². The van der Waals surface area contributed by atoms with Crippen LogP contribution in [-0.2, 0) is 4.79 Å². The Morgan fingerprint density at radius 3 is 3.09 bits per heavy atom. The lowest BCUT2D eigenvalue weighted by Gasteiger charge is -2.31. The third-order valence-electron chi connectivity index (χ3n) is 3.75. The molecule has 0 radical (unpaired) electrons. The average molecular weight is 303 g/mol. The van der Waals surface area contributed by atoms with E-state index in [2.05, 4.69) is 27.1 Å². The summed E-state index contributed by atoms with van der Waals surface area (Å²) >= 11 is 0. The van der Waals surface area contributed by atoms with Crippen LogP contribution in [0.5, 0.6) is 0 Å². The molecule has 22 heavy (non-hydrogen) atoms. The molecular formula is C16H25N5O. The van der Waals surface area contributed by atoms with Crippen LogP contribution in [0, 0.1) is 12.8 Å². The zero-order valence-electron chi connectivity index (χ0n) is 13.4. The number of aliphatic imine (C=N–C) groups is 1. The fraction of sp³-hybridized carbons (Fsp3) is 0.562. The Bertz CT molecular complexity index is 543. The van der Waals surface area contributed by atoms with E-state index in [1.807, 2.05) is 19.1 Å². The highest BCUT2D eigenvalue weighted by atomic mass is 16.1. The number of piperidine rings is 1. The summed E-state index contributed by atoms with van der Waals surface area (Å²) in [4.78, 5) is 22.5. The largest absolute Gasteiger partial charge is 0.370 e. The number of hydrogen-bond donors (Lipinski definition) is 2. The van der Waals surface area contributed by atoms with Crippen LogP contribution in [0.15, 0.2) is 23.2 Å². The highest BCUT2D eigenvalue weighted by Crippen LogP contribution is 2.14. The third-order valence-corrected chi connectivity index (χ3v) is 3.75. The first-order chi connectivity index (χ1) is 10.5. The molecule has 1 aliphatic heterocycles. The van der Waals surface area contributed by atoms with Gasteiger partial charge in [-0.05, 0) is 37.8 Å². The van der Waals surface area contributed by atoms with Gasteiger partial charge in [0.2, 0.25) is 5.91 Å². The number of hydrogen-bond acceptors (Lipinski definition) is 3. The Morgan fingerprint density at radius 2 is 2.36 bits per heavy atom. The van der Waals surface area contributed by atoms with Gasteiger partial charge in [-0.3, -0.25) is 9.79 Å². The molecule has 3 N–H and O–H groups in total. The third kappa shape index (κ3) is 5.02. The van der Waals surface area contributed by atoms with Crippen molar-refractivity contribution in [1.82, 2.24) is 9.88 Å². The summed E-state index contributed by atoms with van der Waals surface area (Å²) in [6.45, 7) is 6.42. The first-order valence-electron chi connectivity index (χ1n) is 7.83. The molecule has 1 saturated heterocycles. The topological polar surface area (TPSA) is 83.6 Å². The lowest BCUT2D eigenvalue weighted by atomic mass is 10.0. The van der Waals surface area contributed by atoms with E-state index in [4.69, 9.17) is 5.73 Å². The maximum absolute atomic E-state index is 11.9. The van der Waals surface area contributed by atoms with E-state index < -0.39 is 0 Å². The van der Waals surface area contributed by atoms with Crippen molar-refractivity contribution < 1.29 is 4.79 Å². The van der Waals surface area contributed by atoms with Gasteiger partial charge < -0.3 is 16.0 Å². The molecule has 0 spiro atoms. The maximum atomic E-state index is 11.9. The molecule has 2 rings (SSSR count). The van der Waals surface area contributed by atoms with Crippen LogP contribution in [-0.4, -0.2) is 41.4 Å². The lowest BCUT2D eigenvalue weighted by molar-refractivity contribution is -0.116. The number of carbonyl (C=O) groups excluding carboxylic acids is 1. The molecular weight excluding hydrogens is 278 g/mol. The van der Waals surface area contributed by atoms with Crippen LogP contribution < -0.4 is 11.1 Å². The van der Waals surface area contributed by atoms with Crippen LogP contribution in [0.2, 0.25) is 0 Å². The summed E-state index contributed by atoms with van der Waals surface area (Å²) < 4.78 is 0. The Kier molecular flexibility index (Phi) is 5.75. The minimum absolute atomic E-state index is 0.0957. The summed E-state index contributed by atoms with van der Waals surface area (Å²) in [5.74, 6) is 1.68. The molecule has 0 bridgehead atoms. The number of likely N-dealkylation sites (tertiary alicyclic amines) is 1. The Morgan fingerprint density at radius 1 is 1.55 bits per heavy atom. The molecule has 6 heteroatoms. The van der Waals surface area contributed by atoms with Crippen molar-refractivity contribution in [3.8, 4) is 0 Å². The van der Waals surface area contributed by atoms with Gasteiger partial charge in [-0.1, -0.05) is 13.0 Å². The number of nitrogens with two attached hydrogens (primary N) is 1. The fourth-order valence-corrected chi connectivity index (χ4v) is 2.59. The van der Waals surface area contributed by atoms with Crippen LogP contribution in [0.25, 0.3) is 0 Å². The summed E-state index contributed by atoms with van der Waals surface area (Å²) in [7, 11) is 0. The molecule has 1 aromatic heterocycles. The van der Waals surface area contributed by atoms with E-state index in [0.29, 0.717) is 30.7 Å². The standard InChI is InChI=1S/C16H25N5O/c1-12-5-4-10-21(11-12)16(17)18-9-8-15(22)20-14-7-3-6-13(2)19-14/h3,6-7,12H,4-5,8-11H2,1-2H3,(H2,17,18)(H,19,20,22). The molecule has 1 atom stereocenters. The predicted octanol–water partition coefficient (Wildman–Crippen LogP) is 1.77. The van der Waals surface area contributed by atoms with Gasteiger partial charge >= 0.3 is 0 Å². The molecule has 1 aromatic rings. The Labute approximate surface area is 131 Å². The summed E-state index contributed by atoms with van der Waals surface area (Å²) in [5.41, 5.74) is 6.88. The molecule has 6 nitrogen and oxygen atoms in total. The van der Waals surface area contributed by atoms with Crippen LogP contribution >= 0.6 is 0 Å². The fourth-order valence-electron chi connectivity index (χ4n) is 2.59. The second kappa shape index (κ2) is 7.77. The van der Waals surface area contributed by atoms with Crippen molar-refractivity contribution in [2.24, 2.45) is 16.6 Å². The van der Waals surface area contributed by atoms with Gasteiger partial charge in [0.05, 0.1) is 6.54 Å². The van der Waals surface area contributed by atoms with Gasteiger partial charge in [-0.25, -0.2) is 4.98 Å². The van der Waals surface area contributed by atoms with E-state index in [-0.39, 0.29) is 5.91 Å². The lowest BCUT2D eigenvalue weighted by Crippen LogP contribution is -2.43. The van der Waals surface area contributed by atoms with E-state index in [9.17, 15) is 4.79 Å². The smallest absolute Gasteiger partial charge is 0.227 e. The summed E-state index contributed by atoms with van der Waals surface area (Å²) in [6, 6.07) is 5.53. The number of nitrogens with zero attached hydrogens (tertiary/aromatic N) is 3. The van der Waals surface area contributed by atoms with Crippen molar-refractivity contribution in [1.29, 1.82) is 0 Å². The van der Waals surface area contributed by atoms with E-state index in [1.165, 1.54) is 6.42 Å². The normalized spacial score (nSPS) is 19.1. The number of carbonyl (C=O) groups is 1. The van der Waals surface area contributed by atoms with Gasteiger partial charge in [0, 0.05) is 25.2 Å². The molecule has 0 saturated carbocycles. The molecule has 0 aliphatic carbocycles. The SMILES string of the molecule is Cc1cccc(NC(=O)CCN=C(N)N2CCCC(C)C2)n1. The van der Waals surface area contributed by atoms with Gasteiger partial charge in [0.15, 0.2) is 5.96 Å². The minimum Gasteiger partial charge on any atom is -0.370 e. The monoisotopic (exact) mass is 303 g/mol. The number of guanidine groups is 1. The van der Waals surface area contributed by atoms with Gasteiger partial charge in [0.1, 0.15) is 5.82 Å². The molecule has 0 aromatic carbocycles. The number of nitrogens with one attached hydrogen (secondary N) is 1. The van der Waals surface area contributed by atoms with Gasteiger partial charge in [-0.15, -0.1) is 0 Å². The molecule has 120 valence electrons. The zero-order chi connectivity index (χ0) is 15.9. The first kappa shape index (κ1) is 16.3. The number of rotatable bonds is 4. The van der Waals surface area contributed by atoms with Crippen LogP contribution in [0.4, 0.5) is 5.82 Å². The van der Waals surface area contributed by atoms with Gasteiger partial charge in [0.25, 0.3) is 0 Å². The van der Waals surface area contributed by atoms with E-state index in [0.717, 1.165) is 25.2 Å². The van der Waals surface area contributed by atoms with Crippen molar-refractivity contribution in [2.75, 3.05) is 25.0 Å². The summed E-state index contributed by atoms with van der Waals surface area (Å²) in [6.07, 6.45) is 2.70. The number of amides is 1. The Balaban J connectivity index is 1.77. The van der Waals surface area contributed by atoms with Crippen molar-refractivity contribution in [2.45, 2.75) is 33.1 Å². The molecule has 1 aliphatic rings. The quantitative estimate of drug-likeness (QED) is 0.656. The number of aromatic nitrogens is 1. The Hall–Kier alpha value is -2.11. The van der Waals surface area contributed by atoms with Crippen LogP contribution in [0.3, 0.4) is 0 Å². The predicted molar refractivity (Wildman–Crippen MR) is 88.7 cm³/mol. The summed E-state index contributed by atoms with van der Waals surface area (Å²) in [5, 5.41) is 2.77. The zero-order valence-corrected chi connectivity index (χ0v) is 13.4. The molecule has 1 fully saturated rings. The average Bonchev–Trinajstić information content (AvgIpc) is 2.47. The first-order valence-corrected chi connectivity index (χ1v) is 7.83. The highest BCUT2D eigenvalue weighted by molar-refractivity contribution is 5.90. The number of aryl methyl sites for hydroxylation is 1. The second-order valence-electron chi connectivity index (χ2n) is 5.90. The number of anilines is 1. The van der Waals surface area contributed by atoms with Crippen molar-refractivity contribution in [3.05, 3.63) is 23.9 Å². The molecule has 1 unspecified atom stereocenters. The molecule has 2 heterocycles. The molecule has 1 amide bonds. The number of pyridine rings is 1. The van der Waals surface area contributed by atoms with Crippen LogP contribution in [0.1, 0.15) is 31.9 Å². The minimum atomic E-state index is -0.0957. The van der Waals surface area contributed by atoms with Crippen molar-refractivity contribution in [3.63, 3.8) is 0 Å². The van der Waals surface area contributed by atoms with Gasteiger partial charge in [-0.2, -0.15) is 0 Å². The highest BCUT2D eigenvalue weighted by Gasteiger charge is 2.17. The van der Waals surface area contributed by atoms with Crippen molar-refractivity contribution >= 4 is 17.7 Å².